The van der Waals surface area contributed by atoms with Crippen LogP contribution < -0.4 is 16.0 Å². The summed E-state index contributed by atoms with van der Waals surface area (Å²) in [5.41, 5.74) is 2.16. The topological polar surface area (TPSA) is 151 Å². The van der Waals surface area contributed by atoms with E-state index in [-0.39, 0.29) is 41.9 Å². The number of halogens is 1. The molecule has 1 heterocycles. The average molecular weight is 575 g/mol. The molecule has 0 bridgehead atoms. The Morgan fingerprint density at radius 1 is 1.05 bits per heavy atom. The zero-order valence-corrected chi connectivity index (χ0v) is 22.7. The van der Waals surface area contributed by atoms with Crippen molar-refractivity contribution in [3.05, 3.63) is 123 Å². The molecule has 11 nitrogen and oxygen atoms in total. The predicted molar refractivity (Wildman–Crippen MR) is 158 cm³/mol. The van der Waals surface area contributed by atoms with Gasteiger partial charge in [0, 0.05) is 16.7 Å². The summed E-state index contributed by atoms with van der Waals surface area (Å²) in [6.07, 6.45) is -0.771. The van der Waals surface area contributed by atoms with Crippen LogP contribution in [0.15, 0.2) is 96.2 Å². The number of nitro groups is 1. The number of benzene rings is 3. The Hall–Kier alpha value is -5.16. The van der Waals surface area contributed by atoms with Crippen LogP contribution in [0.5, 0.6) is 0 Å². The Bertz CT molecular complexity index is 1480. The molecular formula is C29H27ClN6O5. The zero-order chi connectivity index (χ0) is 29.2. The number of carbonyl (C=O) groups excluding carboxylic acids is 1. The molecule has 41 heavy (non-hydrogen) atoms. The number of aromatic nitrogens is 1. The van der Waals surface area contributed by atoms with Gasteiger partial charge in [-0.1, -0.05) is 89.6 Å². The second-order valence-corrected chi connectivity index (χ2v) is 9.10. The van der Waals surface area contributed by atoms with Crippen molar-refractivity contribution in [3.63, 3.8) is 0 Å². The first-order valence-electron chi connectivity index (χ1n) is 12.6. The highest BCUT2D eigenvalue weighted by atomic mass is 35.5. The van der Waals surface area contributed by atoms with E-state index in [1.807, 2.05) is 60.7 Å². The van der Waals surface area contributed by atoms with Gasteiger partial charge in [-0.2, -0.15) is 0 Å². The molecule has 0 fully saturated rings. The molecule has 0 aliphatic rings. The number of hydrogen-bond donors (Lipinski definition) is 4. The monoisotopic (exact) mass is 574 g/mol. The number of hydrogen-bond acceptors (Lipinski definition) is 9. The minimum absolute atomic E-state index is 0.00732. The minimum Gasteiger partial charge on any atom is -0.450 e. The number of amides is 1. The molecule has 4 rings (SSSR count). The molecule has 3 aromatic carbocycles. The van der Waals surface area contributed by atoms with Crippen LogP contribution >= 0.6 is 11.6 Å². The predicted octanol–water partition coefficient (Wildman–Crippen LogP) is 6.70. The van der Waals surface area contributed by atoms with Gasteiger partial charge >= 0.3 is 11.8 Å². The molecule has 0 aliphatic heterocycles. The van der Waals surface area contributed by atoms with Crippen LogP contribution in [0.4, 0.5) is 27.8 Å². The lowest BCUT2D eigenvalue weighted by Crippen LogP contribution is -2.20. The molecule has 0 saturated heterocycles. The third kappa shape index (κ3) is 7.49. The molecule has 0 aliphatic carbocycles. The van der Waals surface area contributed by atoms with Crippen molar-refractivity contribution in [2.24, 2.45) is 5.16 Å². The molecule has 1 amide bonds. The second-order valence-electron chi connectivity index (χ2n) is 8.66. The lowest BCUT2D eigenvalue weighted by atomic mass is 9.98. The first kappa shape index (κ1) is 28.8. The van der Waals surface area contributed by atoms with Gasteiger partial charge < -0.3 is 20.6 Å². The van der Waals surface area contributed by atoms with Crippen LogP contribution in [-0.2, 0) is 4.74 Å². The van der Waals surface area contributed by atoms with Gasteiger partial charge in [-0.25, -0.2) is 9.78 Å². The summed E-state index contributed by atoms with van der Waals surface area (Å²) < 4.78 is 4.98. The highest BCUT2D eigenvalue weighted by molar-refractivity contribution is 6.30. The van der Waals surface area contributed by atoms with Crippen LogP contribution in [0.3, 0.4) is 0 Å². The summed E-state index contributed by atoms with van der Waals surface area (Å²) in [7, 11) is 0. The zero-order valence-electron chi connectivity index (χ0n) is 22.0. The van der Waals surface area contributed by atoms with Crippen molar-refractivity contribution in [2.75, 3.05) is 29.1 Å². The van der Waals surface area contributed by atoms with E-state index in [4.69, 9.17) is 16.3 Å². The SMILES string of the molecule is CCOC(=O)Nc1cc(NC(c2ccccc2)c2ccccc2)c([N+](=O)[O-])c(NC/C(=N\O)c2ccc(Cl)cc2)n1. The van der Waals surface area contributed by atoms with E-state index in [1.54, 1.807) is 31.2 Å². The molecule has 4 N–H and O–H groups in total. The number of nitrogens with one attached hydrogen (secondary N) is 3. The Kier molecular flexibility index (Phi) is 9.68. The first-order chi connectivity index (χ1) is 19.9. The third-order valence-electron chi connectivity index (χ3n) is 5.97. The fourth-order valence-electron chi connectivity index (χ4n) is 4.10. The molecule has 0 unspecified atom stereocenters. The van der Waals surface area contributed by atoms with Gasteiger partial charge in [0.2, 0.25) is 5.82 Å². The number of anilines is 3. The maximum Gasteiger partial charge on any atom is 0.412 e. The highest BCUT2D eigenvalue weighted by Gasteiger charge is 2.27. The quantitative estimate of drug-likeness (QED) is 0.0668. The average Bonchev–Trinajstić information content (AvgIpc) is 2.97. The summed E-state index contributed by atoms with van der Waals surface area (Å²) in [6, 6.07) is 26.3. The van der Waals surface area contributed by atoms with Gasteiger partial charge in [0.05, 0.1) is 24.1 Å². The van der Waals surface area contributed by atoms with E-state index < -0.39 is 17.1 Å². The van der Waals surface area contributed by atoms with E-state index in [2.05, 4.69) is 26.1 Å². The lowest BCUT2D eigenvalue weighted by molar-refractivity contribution is -0.383. The lowest BCUT2D eigenvalue weighted by Gasteiger charge is -2.22. The maximum absolute atomic E-state index is 12.4. The van der Waals surface area contributed by atoms with Crippen LogP contribution in [0.2, 0.25) is 5.02 Å². The Morgan fingerprint density at radius 3 is 2.20 bits per heavy atom. The Labute approximate surface area is 241 Å². The van der Waals surface area contributed by atoms with Crippen LogP contribution in [0.1, 0.15) is 29.7 Å². The normalized spacial score (nSPS) is 11.1. The van der Waals surface area contributed by atoms with E-state index in [0.717, 1.165) is 11.1 Å². The van der Waals surface area contributed by atoms with E-state index >= 15 is 0 Å². The minimum atomic E-state index is -0.771. The summed E-state index contributed by atoms with van der Waals surface area (Å²) in [6.45, 7) is 1.64. The summed E-state index contributed by atoms with van der Waals surface area (Å²) in [4.78, 5) is 28.4. The fourth-order valence-corrected chi connectivity index (χ4v) is 4.23. The van der Waals surface area contributed by atoms with Gasteiger partial charge in [0.25, 0.3) is 0 Å². The van der Waals surface area contributed by atoms with Crippen LogP contribution in [0.25, 0.3) is 0 Å². The molecule has 4 aromatic rings. The maximum atomic E-state index is 12.4. The van der Waals surface area contributed by atoms with E-state index in [0.29, 0.717) is 10.6 Å². The van der Waals surface area contributed by atoms with Gasteiger partial charge in [-0.3, -0.25) is 15.4 Å². The fraction of sp³-hybridized carbons (Fsp3) is 0.138. The van der Waals surface area contributed by atoms with E-state index in [9.17, 15) is 20.1 Å². The van der Waals surface area contributed by atoms with E-state index in [1.165, 1.54) is 6.07 Å². The van der Waals surface area contributed by atoms with Crippen molar-refractivity contribution in [2.45, 2.75) is 13.0 Å². The molecular weight excluding hydrogens is 548 g/mol. The Balaban J connectivity index is 1.77. The molecule has 0 spiro atoms. The Morgan fingerprint density at radius 2 is 1.66 bits per heavy atom. The number of nitrogens with zero attached hydrogens (tertiary/aromatic N) is 3. The molecule has 1 aromatic heterocycles. The number of pyridine rings is 1. The third-order valence-corrected chi connectivity index (χ3v) is 6.22. The summed E-state index contributed by atoms with van der Waals surface area (Å²) in [5.74, 6) is -0.158. The smallest absolute Gasteiger partial charge is 0.412 e. The molecule has 0 atom stereocenters. The van der Waals surface area contributed by atoms with Gasteiger partial charge in [0.1, 0.15) is 17.2 Å². The standard InChI is InChI=1S/C29H27ClN6O5/c1-2-41-29(37)34-25-17-23(32-26(20-9-5-3-6-10-20)21-11-7-4-8-12-21)27(36(39)40)28(33-25)31-18-24(35-38)19-13-15-22(30)16-14-19/h3-17,26,38H,2,18H2,1H3,(H3,31,32,33,34,37)/b35-24+. The van der Waals surface area contributed by atoms with Crippen molar-refractivity contribution in [3.8, 4) is 0 Å². The van der Waals surface area contributed by atoms with Crippen LogP contribution in [0, 0.1) is 10.1 Å². The molecule has 210 valence electrons. The molecule has 0 radical (unpaired) electrons. The van der Waals surface area contributed by atoms with Crippen molar-refractivity contribution in [1.82, 2.24) is 4.98 Å². The number of oxime groups is 1. The second kappa shape index (κ2) is 13.8. The largest absolute Gasteiger partial charge is 0.450 e. The van der Waals surface area contributed by atoms with Crippen molar-refractivity contribution < 1.29 is 19.7 Å². The number of ether oxygens (including phenoxy) is 1. The number of carbonyl (C=O) groups is 1. The number of rotatable bonds is 11. The van der Waals surface area contributed by atoms with Gasteiger partial charge in [-0.05, 0) is 30.2 Å². The molecule has 12 heteroatoms. The first-order valence-corrected chi connectivity index (χ1v) is 13.0. The van der Waals surface area contributed by atoms with Crippen molar-refractivity contribution in [1.29, 1.82) is 0 Å². The van der Waals surface area contributed by atoms with Crippen molar-refractivity contribution >= 4 is 46.4 Å². The summed E-state index contributed by atoms with van der Waals surface area (Å²) >= 11 is 5.96. The molecule has 0 saturated carbocycles. The van der Waals surface area contributed by atoms with Gasteiger partial charge in [0.15, 0.2) is 0 Å². The summed E-state index contributed by atoms with van der Waals surface area (Å²) in [5, 5.41) is 34.6. The van der Waals surface area contributed by atoms with Gasteiger partial charge in [-0.15, -0.1) is 0 Å². The van der Waals surface area contributed by atoms with Crippen LogP contribution in [-0.4, -0.2) is 40.1 Å². The highest BCUT2D eigenvalue weighted by Crippen LogP contribution is 2.38.